The number of hydrogen-bond donors (Lipinski definition) is 2. The number of carbonyl (C=O) groups is 1. The summed E-state index contributed by atoms with van der Waals surface area (Å²) in [7, 11) is 0. The highest BCUT2D eigenvalue weighted by Gasteiger charge is 2.13. The lowest BCUT2D eigenvalue weighted by Gasteiger charge is -2.14. The second-order valence-corrected chi connectivity index (χ2v) is 6.34. The zero-order valence-corrected chi connectivity index (χ0v) is 14.4. The number of aromatic nitrogens is 3. The summed E-state index contributed by atoms with van der Waals surface area (Å²) in [5.74, 6) is 0. The molecule has 2 amide bonds. The lowest BCUT2D eigenvalue weighted by atomic mass is 10.2. The first kappa shape index (κ1) is 16.2. The number of benzene rings is 1. The Kier molecular flexibility index (Phi) is 4.90. The van der Waals surface area contributed by atoms with Gasteiger partial charge in [-0.1, -0.05) is 18.2 Å². The van der Waals surface area contributed by atoms with Crippen LogP contribution >= 0.6 is 11.3 Å². The number of rotatable bonds is 5. The molecule has 2 heterocycles. The summed E-state index contributed by atoms with van der Waals surface area (Å²) in [6.07, 6.45) is 3.61. The van der Waals surface area contributed by atoms with Crippen LogP contribution in [0.3, 0.4) is 0 Å². The van der Waals surface area contributed by atoms with Gasteiger partial charge in [-0.15, -0.1) is 11.3 Å². The van der Waals surface area contributed by atoms with E-state index in [1.807, 2.05) is 55.8 Å². The number of nitrogens with one attached hydrogen (secondary N) is 2. The predicted octanol–water partition coefficient (Wildman–Crippen LogP) is 3.20. The molecular formula is C17H19N5OS. The molecule has 0 radical (unpaired) electrons. The van der Waals surface area contributed by atoms with Crippen LogP contribution in [0.5, 0.6) is 0 Å². The number of aryl methyl sites for hydroxylation is 1. The highest BCUT2D eigenvalue weighted by atomic mass is 32.1. The van der Waals surface area contributed by atoms with Crippen molar-refractivity contribution >= 4 is 17.4 Å². The van der Waals surface area contributed by atoms with E-state index in [4.69, 9.17) is 0 Å². The van der Waals surface area contributed by atoms with Crippen LogP contribution in [0, 0.1) is 6.92 Å². The minimum atomic E-state index is -0.217. The molecule has 2 N–H and O–H groups in total. The fourth-order valence-corrected chi connectivity index (χ4v) is 3.15. The Morgan fingerprint density at radius 3 is 2.88 bits per heavy atom. The normalized spacial score (nSPS) is 11.9. The first-order chi connectivity index (χ1) is 11.6. The Hall–Kier alpha value is -2.67. The molecule has 0 aliphatic heterocycles. The van der Waals surface area contributed by atoms with Crippen molar-refractivity contribution in [3.05, 3.63) is 64.4 Å². The number of hydrogen-bond acceptors (Lipinski definition) is 4. The van der Waals surface area contributed by atoms with E-state index in [0.29, 0.717) is 6.54 Å². The molecule has 7 heteroatoms. The molecule has 0 unspecified atom stereocenters. The van der Waals surface area contributed by atoms with Gasteiger partial charge >= 0.3 is 6.03 Å². The highest BCUT2D eigenvalue weighted by Crippen LogP contribution is 2.17. The van der Waals surface area contributed by atoms with Crippen molar-refractivity contribution in [2.45, 2.75) is 26.4 Å². The van der Waals surface area contributed by atoms with Crippen LogP contribution in [-0.2, 0) is 6.54 Å². The summed E-state index contributed by atoms with van der Waals surface area (Å²) in [6, 6.07) is 9.38. The Morgan fingerprint density at radius 2 is 2.17 bits per heavy atom. The Morgan fingerprint density at radius 1 is 1.33 bits per heavy atom. The maximum absolute atomic E-state index is 12.1. The lowest BCUT2D eigenvalue weighted by molar-refractivity contribution is 0.237. The summed E-state index contributed by atoms with van der Waals surface area (Å²) in [6.45, 7) is 4.29. The van der Waals surface area contributed by atoms with Gasteiger partial charge in [-0.05, 0) is 31.5 Å². The molecule has 1 atom stereocenters. The third-order valence-corrected chi connectivity index (χ3v) is 4.68. The maximum atomic E-state index is 12.1. The van der Waals surface area contributed by atoms with Crippen molar-refractivity contribution in [2.75, 3.05) is 0 Å². The van der Waals surface area contributed by atoms with E-state index in [9.17, 15) is 4.79 Å². The van der Waals surface area contributed by atoms with E-state index in [-0.39, 0.29) is 12.1 Å². The fraction of sp³-hybridized carbons (Fsp3) is 0.235. The average Bonchev–Trinajstić information content (AvgIpc) is 3.24. The summed E-state index contributed by atoms with van der Waals surface area (Å²) in [4.78, 5) is 16.5. The first-order valence-electron chi connectivity index (χ1n) is 7.68. The van der Waals surface area contributed by atoms with Gasteiger partial charge in [0.2, 0.25) is 0 Å². The van der Waals surface area contributed by atoms with Gasteiger partial charge < -0.3 is 10.6 Å². The molecule has 0 aliphatic rings. The first-order valence-corrected chi connectivity index (χ1v) is 8.56. The fourth-order valence-electron chi connectivity index (χ4n) is 2.35. The predicted molar refractivity (Wildman–Crippen MR) is 94.2 cm³/mol. The Bertz CT molecular complexity index is 812. The Labute approximate surface area is 144 Å². The van der Waals surface area contributed by atoms with E-state index < -0.39 is 0 Å². The smallest absolute Gasteiger partial charge is 0.315 e. The van der Waals surface area contributed by atoms with Gasteiger partial charge in [0.15, 0.2) is 0 Å². The van der Waals surface area contributed by atoms with Crippen molar-refractivity contribution in [1.29, 1.82) is 0 Å². The van der Waals surface area contributed by atoms with Gasteiger partial charge in [-0.2, -0.15) is 5.10 Å². The maximum Gasteiger partial charge on any atom is 0.315 e. The number of thiazole rings is 1. The van der Waals surface area contributed by atoms with Crippen LogP contribution in [0.15, 0.2) is 48.1 Å². The largest absolute Gasteiger partial charge is 0.334 e. The standard InChI is InChI=1S/C17H19N5OS/c1-12-11-24-16(20-12)13(2)21-17(23)18-10-14-6-3-4-7-15(14)22-9-5-8-19-22/h3-9,11,13H,10H2,1-2H3,(H2,18,21,23)/t13-/m1/s1. The SMILES string of the molecule is Cc1csc([C@@H](C)NC(=O)NCc2ccccc2-n2cccn2)n1. The molecule has 0 fully saturated rings. The molecule has 0 saturated heterocycles. The molecule has 0 saturated carbocycles. The van der Waals surface area contributed by atoms with Gasteiger partial charge in [0, 0.05) is 30.0 Å². The van der Waals surface area contributed by atoms with Gasteiger partial charge in [0.25, 0.3) is 0 Å². The van der Waals surface area contributed by atoms with Gasteiger partial charge in [0.1, 0.15) is 5.01 Å². The average molecular weight is 341 g/mol. The molecule has 0 aliphatic carbocycles. The van der Waals surface area contributed by atoms with Crippen LogP contribution in [0.2, 0.25) is 0 Å². The van der Waals surface area contributed by atoms with Crippen LogP contribution in [0.1, 0.15) is 29.2 Å². The van der Waals surface area contributed by atoms with E-state index in [1.165, 1.54) is 0 Å². The van der Waals surface area contributed by atoms with Crippen molar-refractivity contribution in [1.82, 2.24) is 25.4 Å². The number of nitrogens with zero attached hydrogens (tertiary/aromatic N) is 3. The molecule has 0 spiro atoms. The highest BCUT2D eigenvalue weighted by molar-refractivity contribution is 7.09. The molecule has 3 aromatic rings. The van der Waals surface area contributed by atoms with Crippen LogP contribution in [0.25, 0.3) is 5.69 Å². The molecule has 6 nitrogen and oxygen atoms in total. The summed E-state index contributed by atoms with van der Waals surface area (Å²) in [5.41, 5.74) is 2.91. The minimum Gasteiger partial charge on any atom is -0.334 e. The number of urea groups is 1. The summed E-state index contributed by atoms with van der Waals surface area (Å²) in [5, 5.41) is 12.9. The molecule has 1 aromatic carbocycles. The van der Waals surface area contributed by atoms with Crippen molar-refractivity contribution in [3.63, 3.8) is 0 Å². The third kappa shape index (κ3) is 3.80. The molecule has 24 heavy (non-hydrogen) atoms. The van der Waals surface area contributed by atoms with Crippen molar-refractivity contribution in [3.8, 4) is 5.69 Å². The molecule has 3 rings (SSSR count). The molecular weight excluding hydrogens is 322 g/mol. The second kappa shape index (κ2) is 7.27. The van der Waals surface area contributed by atoms with Gasteiger partial charge in [-0.25, -0.2) is 14.5 Å². The topological polar surface area (TPSA) is 71.8 Å². The molecule has 2 aromatic heterocycles. The summed E-state index contributed by atoms with van der Waals surface area (Å²) < 4.78 is 1.79. The Balaban J connectivity index is 1.61. The van der Waals surface area contributed by atoms with Gasteiger partial charge in [-0.3, -0.25) is 0 Å². The van der Waals surface area contributed by atoms with Crippen molar-refractivity contribution in [2.24, 2.45) is 0 Å². The number of amides is 2. The van der Waals surface area contributed by atoms with E-state index in [2.05, 4.69) is 20.7 Å². The quantitative estimate of drug-likeness (QED) is 0.748. The lowest BCUT2D eigenvalue weighted by Crippen LogP contribution is -2.36. The van der Waals surface area contributed by atoms with E-state index in [1.54, 1.807) is 22.2 Å². The monoisotopic (exact) mass is 341 g/mol. The summed E-state index contributed by atoms with van der Waals surface area (Å²) >= 11 is 1.55. The number of para-hydroxylation sites is 1. The zero-order chi connectivity index (χ0) is 16.9. The number of carbonyl (C=O) groups excluding carboxylic acids is 1. The molecule has 124 valence electrons. The van der Waals surface area contributed by atoms with E-state index >= 15 is 0 Å². The minimum absolute atomic E-state index is 0.120. The van der Waals surface area contributed by atoms with Crippen LogP contribution in [-0.4, -0.2) is 20.8 Å². The van der Waals surface area contributed by atoms with Crippen LogP contribution < -0.4 is 10.6 Å². The van der Waals surface area contributed by atoms with Gasteiger partial charge in [0.05, 0.1) is 11.7 Å². The van der Waals surface area contributed by atoms with E-state index in [0.717, 1.165) is 22.0 Å². The zero-order valence-electron chi connectivity index (χ0n) is 13.6. The van der Waals surface area contributed by atoms with Crippen molar-refractivity contribution < 1.29 is 4.79 Å². The molecule has 0 bridgehead atoms. The van der Waals surface area contributed by atoms with Crippen LogP contribution in [0.4, 0.5) is 4.79 Å². The third-order valence-electron chi connectivity index (χ3n) is 3.54. The second-order valence-electron chi connectivity index (χ2n) is 5.46.